The Labute approximate surface area is 217 Å². The third kappa shape index (κ3) is 6.06. The van der Waals surface area contributed by atoms with Crippen molar-refractivity contribution >= 4 is 12.0 Å². The molecule has 0 N–H and O–H groups in total. The van der Waals surface area contributed by atoms with E-state index in [9.17, 15) is 13.6 Å². The van der Waals surface area contributed by atoms with Crippen LogP contribution in [0.25, 0.3) is 6.08 Å². The van der Waals surface area contributed by atoms with Crippen molar-refractivity contribution in [3.05, 3.63) is 58.7 Å². The van der Waals surface area contributed by atoms with Gasteiger partial charge in [0.15, 0.2) is 11.5 Å². The van der Waals surface area contributed by atoms with E-state index in [2.05, 4.69) is 4.90 Å². The highest BCUT2D eigenvalue weighted by atomic mass is 19.1. The molecule has 1 aliphatic carbocycles. The standard InChI is InChI=1S/C29H36F2N2O4/c1-19(13-20-10-11-22(30)16-25(20)31)17-32(18-24-9-6-12-33(24)23-7-5-8-23)29(34)21-14-26(35-2)28(37-4)27(15-21)36-3/h10-11,13-16,23-24H,5-9,12,17-18H2,1-4H3/b19-13-. The third-order valence-electron chi connectivity index (χ3n) is 7.40. The molecule has 0 aromatic heterocycles. The monoisotopic (exact) mass is 514 g/mol. The molecule has 1 amide bonds. The first kappa shape index (κ1) is 26.9. The van der Waals surface area contributed by atoms with Gasteiger partial charge in [0.1, 0.15) is 11.6 Å². The van der Waals surface area contributed by atoms with Crippen LogP contribution in [0.4, 0.5) is 8.78 Å². The van der Waals surface area contributed by atoms with Gasteiger partial charge < -0.3 is 19.1 Å². The first-order valence-corrected chi connectivity index (χ1v) is 12.8. The molecule has 8 heteroatoms. The van der Waals surface area contributed by atoms with Crippen molar-refractivity contribution in [3.63, 3.8) is 0 Å². The molecule has 1 unspecified atom stereocenters. The van der Waals surface area contributed by atoms with Crippen molar-refractivity contribution < 1.29 is 27.8 Å². The fraction of sp³-hybridized carbons (Fsp3) is 0.483. The second kappa shape index (κ2) is 11.9. The van der Waals surface area contributed by atoms with Crippen LogP contribution in [0.15, 0.2) is 35.9 Å². The number of methoxy groups -OCH3 is 3. The van der Waals surface area contributed by atoms with Crippen molar-refractivity contribution in [2.24, 2.45) is 0 Å². The normalized spacial score (nSPS) is 18.4. The summed E-state index contributed by atoms with van der Waals surface area (Å²) in [5.74, 6) is -0.196. The van der Waals surface area contributed by atoms with Gasteiger partial charge in [0, 0.05) is 42.4 Å². The fourth-order valence-electron chi connectivity index (χ4n) is 5.34. The van der Waals surface area contributed by atoms with Gasteiger partial charge in [-0.2, -0.15) is 0 Å². The summed E-state index contributed by atoms with van der Waals surface area (Å²) in [5, 5.41) is 0. The fourth-order valence-corrected chi connectivity index (χ4v) is 5.34. The van der Waals surface area contributed by atoms with Crippen LogP contribution in [0.1, 0.15) is 54.9 Å². The first-order valence-electron chi connectivity index (χ1n) is 12.8. The molecular weight excluding hydrogens is 478 g/mol. The van der Waals surface area contributed by atoms with Gasteiger partial charge in [-0.15, -0.1) is 0 Å². The Morgan fingerprint density at radius 3 is 2.30 bits per heavy atom. The van der Waals surface area contributed by atoms with E-state index in [4.69, 9.17) is 14.2 Å². The van der Waals surface area contributed by atoms with Crippen molar-refractivity contribution in [1.82, 2.24) is 9.80 Å². The van der Waals surface area contributed by atoms with Crippen LogP contribution in [-0.2, 0) is 0 Å². The highest BCUT2D eigenvalue weighted by molar-refractivity contribution is 5.96. The van der Waals surface area contributed by atoms with E-state index in [0.717, 1.165) is 31.0 Å². The van der Waals surface area contributed by atoms with Crippen LogP contribution in [0.2, 0.25) is 0 Å². The SMILES string of the molecule is COc1cc(C(=O)N(C/C(C)=C\c2ccc(F)cc2F)CC2CCCN2C2CCC2)cc(OC)c1OC. The molecule has 2 aliphatic rings. The molecule has 0 radical (unpaired) electrons. The van der Waals surface area contributed by atoms with Gasteiger partial charge in [-0.05, 0) is 63.4 Å². The Morgan fingerprint density at radius 2 is 1.73 bits per heavy atom. The maximum absolute atomic E-state index is 14.3. The van der Waals surface area contributed by atoms with Crippen LogP contribution < -0.4 is 14.2 Å². The van der Waals surface area contributed by atoms with E-state index in [0.29, 0.717) is 41.9 Å². The number of carbonyl (C=O) groups is 1. The van der Waals surface area contributed by atoms with Crippen molar-refractivity contribution in [3.8, 4) is 17.2 Å². The minimum Gasteiger partial charge on any atom is -0.493 e. The first-order chi connectivity index (χ1) is 17.8. The quantitative estimate of drug-likeness (QED) is 0.416. The Kier molecular flexibility index (Phi) is 8.69. The van der Waals surface area contributed by atoms with Crippen LogP contribution in [0, 0.1) is 11.6 Å². The molecule has 0 bridgehead atoms. The molecule has 1 heterocycles. The van der Waals surface area contributed by atoms with Crippen LogP contribution >= 0.6 is 0 Å². The minimum absolute atomic E-state index is 0.174. The molecule has 1 saturated heterocycles. The lowest BCUT2D eigenvalue weighted by molar-refractivity contribution is 0.0630. The van der Waals surface area contributed by atoms with E-state index in [1.165, 1.54) is 52.7 Å². The number of amides is 1. The Hall–Kier alpha value is -3.13. The lowest BCUT2D eigenvalue weighted by Gasteiger charge is -2.40. The number of rotatable bonds is 10. The van der Waals surface area contributed by atoms with Gasteiger partial charge in [-0.25, -0.2) is 8.78 Å². The molecule has 0 spiro atoms. The summed E-state index contributed by atoms with van der Waals surface area (Å²) in [4.78, 5) is 18.3. The van der Waals surface area contributed by atoms with Crippen molar-refractivity contribution in [1.29, 1.82) is 0 Å². The van der Waals surface area contributed by atoms with Crippen molar-refractivity contribution in [2.45, 2.75) is 51.1 Å². The highest BCUT2D eigenvalue weighted by Gasteiger charge is 2.35. The minimum atomic E-state index is -0.631. The number of likely N-dealkylation sites (tertiary alicyclic amines) is 1. The Bertz CT molecular complexity index is 1120. The summed E-state index contributed by atoms with van der Waals surface area (Å²) >= 11 is 0. The van der Waals surface area contributed by atoms with Gasteiger partial charge in [-0.1, -0.05) is 18.1 Å². The summed E-state index contributed by atoms with van der Waals surface area (Å²) in [6, 6.07) is 7.70. The van der Waals surface area contributed by atoms with E-state index in [-0.39, 0.29) is 17.5 Å². The van der Waals surface area contributed by atoms with Crippen LogP contribution in [0.3, 0.4) is 0 Å². The predicted octanol–water partition coefficient (Wildman–Crippen LogP) is 5.55. The zero-order valence-electron chi connectivity index (χ0n) is 22.1. The molecule has 1 saturated carbocycles. The molecule has 1 aliphatic heterocycles. The summed E-state index contributed by atoms with van der Waals surface area (Å²) in [6.45, 7) is 3.78. The largest absolute Gasteiger partial charge is 0.493 e. The van der Waals surface area contributed by atoms with E-state index >= 15 is 0 Å². The summed E-state index contributed by atoms with van der Waals surface area (Å²) in [5.41, 5.74) is 1.50. The lowest BCUT2D eigenvalue weighted by Crippen LogP contribution is -2.49. The predicted molar refractivity (Wildman–Crippen MR) is 139 cm³/mol. The number of carbonyl (C=O) groups excluding carboxylic acids is 1. The number of hydrogen-bond acceptors (Lipinski definition) is 5. The van der Waals surface area contributed by atoms with Gasteiger partial charge in [0.25, 0.3) is 5.91 Å². The molecule has 2 aromatic rings. The van der Waals surface area contributed by atoms with E-state index in [1.54, 1.807) is 18.2 Å². The zero-order chi connectivity index (χ0) is 26.5. The molecule has 4 rings (SSSR count). The number of halogens is 2. The average Bonchev–Trinajstić information content (AvgIpc) is 3.30. The highest BCUT2D eigenvalue weighted by Crippen LogP contribution is 2.39. The second-order valence-electron chi connectivity index (χ2n) is 9.87. The van der Waals surface area contributed by atoms with Gasteiger partial charge >= 0.3 is 0 Å². The molecule has 2 aromatic carbocycles. The summed E-state index contributed by atoms with van der Waals surface area (Å²) in [6.07, 6.45) is 7.49. The maximum atomic E-state index is 14.3. The third-order valence-corrected chi connectivity index (χ3v) is 7.40. The zero-order valence-corrected chi connectivity index (χ0v) is 22.1. The second-order valence-corrected chi connectivity index (χ2v) is 9.87. The number of hydrogen-bond donors (Lipinski definition) is 0. The molecule has 37 heavy (non-hydrogen) atoms. The topological polar surface area (TPSA) is 51.2 Å². The number of benzene rings is 2. The Morgan fingerprint density at radius 1 is 1.03 bits per heavy atom. The molecule has 200 valence electrons. The molecule has 6 nitrogen and oxygen atoms in total. The van der Waals surface area contributed by atoms with Crippen molar-refractivity contribution in [2.75, 3.05) is 41.0 Å². The van der Waals surface area contributed by atoms with Crippen LogP contribution in [0.5, 0.6) is 17.2 Å². The summed E-state index contributed by atoms with van der Waals surface area (Å²) in [7, 11) is 4.55. The van der Waals surface area contributed by atoms with E-state index in [1.807, 2.05) is 11.8 Å². The smallest absolute Gasteiger partial charge is 0.254 e. The van der Waals surface area contributed by atoms with Gasteiger partial charge in [0.05, 0.1) is 21.3 Å². The average molecular weight is 515 g/mol. The lowest BCUT2D eigenvalue weighted by atomic mass is 9.91. The molecular formula is C29H36F2N2O4. The molecule has 1 atom stereocenters. The molecule has 2 fully saturated rings. The maximum Gasteiger partial charge on any atom is 0.254 e. The van der Waals surface area contributed by atoms with E-state index < -0.39 is 11.6 Å². The number of ether oxygens (including phenoxy) is 3. The van der Waals surface area contributed by atoms with Gasteiger partial charge in [-0.3, -0.25) is 9.69 Å². The summed E-state index contributed by atoms with van der Waals surface area (Å²) < 4.78 is 44.0. The number of nitrogens with zero attached hydrogens (tertiary/aromatic N) is 2. The Balaban J connectivity index is 1.64. The van der Waals surface area contributed by atoms with Crippen LogP contribution in [-0.4, -0.2) is 68.8 Å². The van der Waals surface area contributed by atoms with Gasteiger partial charge in [0.2, 0.25) is 5.75 Å².